The van der Waals surface area contributed by atoms with Crippen LogP contribution in [-0.4, -0.2) is 21.0 Å². The molecule has 24 heavy (non-hydrogen) atoms. The minimum atomic E-state index is -0.279. The van der Waals surface area contributed by atoms with Gasteiger partial charge in [0.05, 0.1) is 5.56 Å². The number of carbonyl (C=O) groups excluding carboxylic acids is 1. The van der Waals surface area contributed by atoms with Crippen LogP contribution in [0.5, 0.6) is 0 Å². The molecule has 1 amide bonds. The van der Waals surface area contributed by atoms with Gasteiger partial charge in [-0.2, -0.15) is 0 Å². The zero-order chi connectivity index (χ0) is 16.9. The number of benzene rings is 1. The van der Waals surface area contributed by atoms with Gasteiger partial charge in [0.25, 0.3) is 5.91 Å². The van der Waals surface area contributed by atoms with Crippen molar-refractivity contribution < 1.29 is 9.32 Å². The molecule has 0 fully saturated rings. The number of aromatic nitrogens is 3. The van der Waals surface area contributed by atoms with E-state index in [2.05, 4.69) is 25.8 Å². The molecule has 0 aliphatic carbocycles. The maximum Gasteiger partial charge on any atom is 0.254 e. The Hall–Kier alpha value is -2.93. The molecule has 1 aromatic carbocycles. The molecule has 0 bridgehead atoms. The maximum atomic E-state index is 12.1. The number of halogens is 1. The van der Waals surface area contributed by atoms with E-state index < -0.39 is 0 Å². The van der Waals surface area contributed by atoms with Gasteiger partial charge < -0.3 is 15.2 Å². The van der Waals surface area contributed by atoms with E-state index in [-0.39, 0.29) is 5.91 Å². The molecule has 2 heterocycles. The Morgan fingerprint density at radius 1 is 1.25 bits per heavy atom. The molecule has 2 aromatic heterocycles. The van der Waals surface area contributed by atoms with E-state index in [4.69, 9.17) is 16.1 Å². The summed E-state index contributed by atoms with van der Waals surface area (Å²) < 4.78 is 4.94. The van der Waals surface area contributed by atoms with E-state index >= 15 is 0 Å². The summed E-state index contributed by atoms with van der Waals surface area (Å²) >= 11 is 6.06. The number of anilines is 2. The number of hydrogen-bond donors (Lipinski definition) is 2. The predicted molar refractivity (Wildman–Crippen MR) is 89.2 cm³/mol. The molecule has 8 heteroatoms. The number of rotatable bonds is 5. The Morgan fingerprint density at radius 2 is 2.00 bits per heavy atom. The molecule has 0 aliphatic heterocycles. The summed E-state index contributed by atoms with van der Waals surface area (Å²) in [7, 11) is 0. The van der Waals surface area contributed by atoms with Crippen LogP contribution >= 0.6 is 11.6 Å². The molecule has 0 saturated carbocycles. The molecule has 0 atom stereocenters. The molecule has 0 saturated heterocycles. The lowest BCUT2D eigenvalue weighted by atomic mass is 10.2. The topological polar surface area (TPSA) is 92.9 Å². The van der Waals surface area contributed by atoms with E-state index in [1.807, 2.05) is 18.2 Å². The number of nitrogens with zero attached hydrogens (tertiary/aromatic N) is 3. The second kappa shape index (κ2) is 7.10. The smallest absolute Gasteiger partial charge is 0.254 e. The Kier molecular flexibility index (Phi) is 4.72. The van der Waals surface area contributed by atoms with Crippen LogP contribution in [-0.2, 0) is 6.54 Å². The summed E-state index contributed by atoms with van der Waals surface area (Å²) in [5.74, 6) is 1.22. The van der Waals surface area contributed by atoms with Crippen LogP contribution in [0.4, 0.5) is 11.8 Å². The highest BCUT2D eigenvalue weighted by atomic mass is 35.5. The molecule has 2 N–H and O–H groups in total. The minimum absolute atomic E-state index is 0.279. The third kappa shape index (κ3) is 3.88. The Morgan fingerprint density at radius 3 is 2.67 bits per heavy atom. The summed E-state index contributed by atoms with van der Waals surface area (Å²) in [5.41, 5.74) is 1.19. The number of hydrogen-bond acceptors (Lipinski definition) is 6. The third-order valence-corrected chi connectivity index (χ3v) is 3.55. The second-order valence-electron chi connectivity index (χ2n) is 5.02. The molecule has 0 spiro atoms. The molecule has 3 rings (SSSR count). The number of aryl methyl sites for hydroxylation is 1. The summed E-state index contributed by atoms with van der Waals surface area (Å²) in [4.78, 5) is 20.3. The molecule has 7 nitrogen and oxygen atoms in total. The van der Waals surface area contributed by atoms with Gasteiger partial charge in [0, 0.05) is 30.0 Å². The SMILES string of the molecule is Cc1cc(Nc2ncc(C(=O)NCc3ccccc3Cl)cn2)no1. The molecular weight excluding hydrogens is 330 g/mol. The normalized spacial score (nSPS) is 10.4. The summed E-state index contributed by atoms with van der Waals surface area (Å²) in [6.07, 6.45) is 2.87. The first-order valence-corrected chi connectivity index (χ1v) is 7.53. The first-order chi connectivity index (χ1) is 11.6. The van der Waals surface area contributed by atoms with Crippen LogP contribution in [0.1, 0.15) is 21.7 Å². The van der Waals surface area contributed by atoms with Crippen LogP contribution in [0.3, 0.4) is 0 Å². The van der Waals surface area contributed by atoms with Crippen molar-refractivity contribution >= 4 is 29.3 Å². The maximum absolute atomic E-state index is 12.1. The lowest BCUT2D eigenvalue weighted by Gasteiger charge is -2.07. The van der Waals surface area contributed by atoms with E-state index in [0.717, 1.165) is 5.56 Å². The highest BCUT2D eigenvalue weighted by Gasteiger charge is 2.09. The summed E-state index contributed by atoms with van der Waals surface area (Å²) in [5, 5.41) is 10.0. The molecular formula is C16H14ClN5O2. The average molecular weight is 344 g/mol. The summed E-state index contributed by atoms with van der Waals surface area (Å²) in [6.45, 7) is 2.11. The van der Waals surface area contributed by atoms with Crippen molar-refractivity contribution in [1.82, 2.24) is 20.4 Å². The largest absolute Gasteiger partial charge is 0.360 e. The fourth-order valence-electron chi connectivity index (χ4n) is 1.97. The zero-order valence-corrected chi connectivity index (χ0v) is 13.5. The fourth-order valence-corrected chi connectivity index (χ4v) is 2.17. The standard InChI is InChI=1S/C16H14ClN5O2/c1-10-6-14(22-24-10)21-16-19-8-12(9-20-16)15(23)18-7-11-4-2-3-5-13(11)17/h2-6,8-9H,7H2,1H3,(H,18,23)(H,19,20,21,22). The predicted octanol–water partition coefficient (Wildman–Crippen LogP) is 3.10. The number of nitrogens with one attached hydrogen (secondary N) is 2. The first-order valence-electron chi connectivity index (χ1n) is 7.16. The lowest BCUT2D eigenvalue weighted by molar-refractivity contribution is 0.0950. The van der Waals surface area contributed by atoms with Gasteiger partial charge in [0.1, 0.15) is 5.76 Å². The van der Waals surface area contributed by atoms with E-state index in [0.29, 0.717) is 34.7 Å². The van der Waals surface area contributed by atoms with Crippen LogP contribution in [0, 0.1) is 6.92 Å². The van der Waals surface area contributed by atoms with Crippen molar-refractivity contribution in [3.8, 4) is 0 Å². The zero-order valence-electron chi connectivity index (χ0n) is 12.8. The van der Waals surface area contributed by atoms with Gasteiger partial charge >= 0.3 is 0 Å². The fraction of sp³-hybridized carbons (Fsp3) is 0.125. The van der Waals surface area contributed by atoms with E-state index in [1.54, 1.807) is 19.1 Å². The van der Waals surface area contributed by atoms with Crippen molar-refractivity contribution in [1.29, 1.82) is 0 Å². The third-order valence-electron chi connectivity index (χ3n) is 3.18. The second-order valence-corrected chi connectivity index (χ2v) is 5.42. The number of carbonyl (C=O) groups is 1. The number of amides is 1. The van der Waals surface area contributed by atoms with Crippen LogP contribution < -0.4 is 10.6 Å². The van der Waals surface area contributed by atoms with Gasteiger partial charge in [0.2, 0.25) is 5.95 Å². The Labute approximate surface area is 143 Å². The quantitative estimate of drug-likeness (QED) is 0.739. The van der Waals surface area contributed by atoms with Gasteiger partial charge in [0.15, 0.2) is 5.82 Å². The van der Waals surface area contributed by atoms with Crippen molar-refractivity contribution in [2.24, 2.45) is 0 Å². The van der Waals surface area contributed by atoms with Gasteiger partial charge in [-0.1, -0.05) is 35.0 Å². The Balaban J connectivity index is 1.60. The Bertz CT molecular complexity index is 848. The molecule has 122 valence electrons. The van der Waals surface area contributed by atoms with Gasteiger partial charge in [-0.3, -0.25) is 4.79 Å². The lowest BCUT2D eigenvalue weighted by Crippen LogP contribution is -2.23. The summed E-state index contributed by atoms with van der Waals surface area (Å²) in [6, 6.07) is 9.05. The van der Waals surface area contributed by atoms with Crippen LogP contribution in [0.2, 0.25) is 5.02 Å². The monoisotopic (exact) mass is 343 g/mol. The van der Waals surface area contributed by atoms with Crippen molar-refractivity contribution in [2.45, 2.75) is 13.5 Å². The van der Waals surface area contributed by atoms with Gasteiger partial charge in [-0.05, 0) is 18.6 Å². The van der Waals surface area contributed by atoms with Crippen molar-refractivity contribution in [3.05, 3.63) is 64.6 Å². The van der Waals surface area contributed by atoms with Crippen LogP contribution in [0.25, 0.3) is 0 Å². The highest BCUT2D eigenvalue weighted by molar-refractivity contribution is 6.31. The van der Waals surface area contributed by atoms with E-state index in [9.17, 15) is 4.79 Å². The van der Waals surface area contributed by atoms with Gasteiger partial charge in [-0.15, -0.1) is 0 Å². The molecule has 0 unspecified atom stereocenters. The highest BCUT2D eigenvalue weighted by Crippen LogP contribution is 2.15. The van der Waals surface area contributed by atoms with Crippen LogP contribution in [0.15, 0.2) is 47.2 Å². The van der Waals surface area contributed by atoms with Crippen molar-refractivity contribution in [3.63, 3.8) is 0 Å². The first kappa shape index (κ1) is 15.9. The minimum Gasteiger partial charge on any atom is -0.360 e. The van der Waals surface area contributed by atoms with E-state index in [1.165, 1.54) is 12.4 Å². The van der Waals surface area contributed by atoms with Crippen molar-refractivity contribution in [2.75, 3.05) is 5.32 Å². The van der Waals surface area contributed by atoms with Gasteiger partial charge in [-0.25, -0.2) is 9.97 Å². The average Bonchev–Trinajstić information content (AvgIpc) is 2.99. The molecule has 0 radical (unpaired) electrons. The molecule has 0 aliphatic rings. The molecule has 3 aromatic rings.